The first kappa shape index (κ1) is 22.4. The monoisotopic (exact) mass is 445 g/mol. The third-order valence-corrected chi connectivity index (χ3v) is 4.20. The molecule has 1 aromatic heterocycles. The summed E-state index contributed by atoms with van der Waals surface area (Å²) < 4.78 is 44.2. The molecule has 0 unspecified atom stereocenters. The molecule has 8 nitrogen and oxygen atoms in total. The smallest absolute Gasteiger partial charge is 0.418 e. The fraction of sp³-hybridized carbons (Fsp3) is 0.0952. The molecular formula is C21H14F3N3O5. The van der Waals surface area contributed by atoms with E-state index < -0.39 is 46.5 Å². The van der Waals surface area contributed by atoms with E-state index in [-0.39, 0.29) is 0 Å². The minimum absolute atomic E-state index is 0.308. The Hall–Kier alpha value is -4.28. The molecule has 11 heteroatoms. The second-order valence-corrected chi connectivity index (χ2v) is 6.40. The first-order valence-corrected chi connectivity index (χ1v) is 8.99. The molecule has 3 rings (SSSR count). The van der Waals surface area contributed by atoms with Gasteiger partial charge < -0.3 is 10.1 Å². The van der Waals surface area contributed by atoms with Gasteiger partial charge in [0.05, 0.1) is 21.7 Å². The van der Waals surface area contributed by atoms with Crippen LogP contribution < -0.4 is 5.32 Å². The van der Waals surface area contributed by atoms with E-state index in [0.717, 1.165) is 23.6 Å². The van der Waals surface area contributed by atoms with Crippen molar-refractivity contribution in [3.63, 3.8) is 0 Å². The molecule has 0 aliphatic carbocycles. The van der Waals surface area contributed by atoms with Crippen LogP contribution in [0.4, 0.5) is 24.5 Å². The van der Waals surface area contributed by atoms with Gasteiger partial charge in [-0.25, -0.2) is 4.79 Å². The van der Waals surface area contributed by atoms with Crippen molar-refractivity contribution in [2.75, 3.05) is 11.9 Å². The van der Waals surface area contributed by atoms with Crippen LogP contribution in [0.1, 0.15) is 11.1 Å². The fourth-order valence-corrected chi connectivity index (χ4v) is 2.78. The maximum absolute atomic E-state index is 13.2. The standard InChI is InChI=1S/C21H14F3N3O5/c22-21(23,24)16-11-15(27(30)31)7-8-17(16)26-18(28)12-32-19(29)9-6-14-4-1-3-13-5-2-10-25-20(13)14/h1-11H,12H2,(H,26,28)/b9-6-. The molecule has 0 atom stereocenters. The van der Waals surface area contributed by atoms with Crippen LogP contribution >= 0.6 is 0 Å². The lowest BCUT2D eigenvalue weighted by Crippen LogP contribution is -2.22. The molecule has 2 aromatic carbocycles. The number of ether oxygens (including phenoxy) is 1. The van der Waals surface area contributed by atoms with Crippen LogP contribution in [0.3, 0.4) is 0 Å². The van der Waals surface area contributed by atoms with E-state index in [1.807, 2.05) is 17.4 Å². The molecule has 0 aliphatic heterocycles. The molecule has 32 heavy (non-hydrogen) atoms. The number of para-hydroxylation sites is 1. The van der Waals surface area contributed by atoms with Gasteiger partial charge in [-0.2, -0.15) is 13.2 Å². The molecule has 1 amide bonds. The Morgan fingerprint density at radius 3 is 2.62 bits per heavy atom. The summed E-state index contributed by atoms with van der Waals surface area (Å²) in [5.41, 5.74) is -1.59. The molecule has 0 fully saturated rings. The number of nitro groups is 1. The second-order valence-electron chi connectivity index (χ2n) is 6.40. The summed E-state index contributed by atoms with van der Waals surface area (Å²) >= 11 is 0. The lowest BCUT2D eigenvalue weighted by Gasteiger charge is -2.13. The summed E-state index contributed by atoms with van der Waals surface area (Å²) in [5, 5.41) is 13.5. The number of amides is 1. The number of esters is 1. The number of non-ortho nitro benzene ring substituents is 1. The first-order chi connectivity index (χ1) is 15.1. The largest absolute Gasteiger partial charge is 0.452 e. The summed E-state index contributed by atoms with van der Waals surface area (Å²) in [6.45, 7) is -0.856. The van der Waals surface area contributed by atoms with Crippen molar-refractivity contribution in [3.05, 3.63) is 82.0 Å². The number of rotatable bonds is 6. The highest BCUT2D eigenvalue weighted by molar-refractivity contribution is 5.96. The Balaban J connectivity index is 1.64. The maximum atomic E-state index is 13.2. The molecule has 164 valence electrons. The number of carbonyl (C=O) groups is 2. The number of hydrogen-bond acceptors (Lipinski definition) is 6. The predicted molar refractivity (Wildman–Crippen MR) is 108 cm³/mol. The molecule has 1 N–H and O–H groups in total. The Labute approximate surface area is 178 Å². The number of anilines is 1. The van der Waals surface area contributed by atoms with Gasteiger partial charge in [0, 0.05) is 35.4 Å². The molecule has 0 radical (unpaired) electrons. The minimum atomic E-state index is -4.94. The SMILES string of the molecule is O=C(COC(=O)/C=C\c1cccc2cccnc12)Nc1ccc([N+](=O)[O-])cc1C(F)(F)F. The highest BCUT2D eigenvalue weighted by Crippen LogP contribution is 2.37. The van der Waals surface area contributed by atoms with Crippen molar-refractivity contribution in [1.82, 2.24) is 4.98 Å². The first-order valence-electron chi connectivity index (χ1n) is 8.99. The summed E-state index contributed by atoms with van der Waals surface area (Å²) in [6, 6.07) is 10.8. The third kappa shape index (κ3) is 5.45. The van der Waals surface area contributed by atoms with Crippen molar-refractivity contribution in [2.24, 2.45) is 0 Å². The summed E-state index contributed by atoms with van der Waals surface area (Å²) in [4.78, 5) is 37.8. The molecule has 1 heterocycles. The van der Waals surface area contributed by atoms with Crippen molar-refractivity contribution in [2.45, 2.75) is 6.18 Å². The predicted octanol–water partition coefficient (Wildman–Crippen LogP) is 4.36. The van der Waals surface area contributed by atoms with Crippen molar-refractivity contribution in [3.8, 4) is 0 Å². The Bertz CT molecular complexity index is 1220. The molecule has 0 saturated carbocycles. The molecule has 0 bridgehead atoms. The number of halogens is 3. The van der Waals surface area contributed by atoms with Gasteiger partial charge in [0.2, 0.25) is 0 Å². The molecule has 3 aromatic rings. The van der Waals surface area contributed by atoms with Gasteiger partial charge in [-0.3, -0.25) is 19.9 Å². The van der Waals surface area contributed by atoms with Gasteiger partial charge >= 0.3 is 12.1 Å². The van der Waals surface area contributed by atoms with Crippen molar-refractivity contribution in [1.29, 1.82) is 0 Å². The van der Waals surface area contributed by atoms with Gasteiger partial charge in [-0.1, -0.05) is 24.3 Å². The van der Waals surface area contributed by atoms with E-state index in [4.69, 9.17) is 4.74 Å². The summed E-state index contributed by atoms with van der Waals surface area (Å²) in [6.07, 6.45) is -0.853. The van der Waals surface area contributed by atoms with Gasteiger partial charge in [-0.15, -0.1) is 0 Å². The quantitative estimate of drug-likeness (QED) is 0.261. The number of benzene rings is 2. The lowest BCUT2D eigenvalue weighted by molar-refractivity contribution is -0.385. The number of nitro benzene ring substituents is 1. The van der Waals surface area contributed by atoms with Crippen LogP contribution in [0.5, 0.6) is 0 Å². The highest BCUT2D eigenvalue weighted by atomic mass is 19.4. The second kappa shape index (κ2) is 9.25. The average Bonchev–Trinajstić information content (AvgIpc) is 2.75. The topological polar surface area (TPSA) is 111 Å². The van der Waals surface area contributed by atoms with Crippen LogP contribution in [0.15, 0.2) is 60.8 Å². The normalized spacial score (nSPS) is 11.5. The molecule has 0 saturated heterocycles. The average molecular weight is 445 g/mol. The van der Waals surface area contributed by atoms with Crippen LogP contribution in [0.2, 0.25) is 0 Å². The number of carbonyl (C=O) groups excluding carboxylic acids is 2. The van der Waals surface area contributed by atoms with Crippen LogP contribution in [0.25, 0.3) is 17.0 Å². The number of alkyl halides is 3. The Kier molecular flexibility index (Phi) is 6.47. The molecular weight excluding hydrogens is 431 g/mol. The number of nitrogens with one attached hydrogen (secondary N) is 1. The van der Waals surface area contributed by atoms with Crippen molar-refractivity contribution < 1.29 is 32.4 Å². The summed E-state index contributed by atoms with van der Waals surface area (Å²) in [7, 11) is 0. The van der Waals surface area contributed by atoms with Gasteiger partial charge in [0.1, 0.15) is 0 Å². The number of fused-ring (bicyclic) bond motifs is 1. The number of aromatic nitrogens is 1. The van der Waals surface area contributed by atoms with Crippen LogP contribution in [-0.2, 0) is 20.5 Å². The molecule has 0 aliphatic rings. The fourth-order valence-electron chi connectivity index (χ4n) is 2.78. The van der Waals surface area contributed by atoms with E-state index in [1.165, 1.54) is 6.08 Å². The number of pyridine rings is 1. The van der Waals surface area contributed by atoms with Crippen molar-refractivity contribution >= 4 is 40.2 Å². The van der Waals surface area contributed by atoms with Gasteiger partial charge in [0.25, 0.3) is 11.6 Å². The van der Waals surface area contributed by atoms with E-state index >= 15 is 0 Å². The Morgan fingerprint density at radius 2 is 1.91 bits per heavy atom. The van der Waals surface area contributed by atoms with E-state index in [2.05, 4.69) is 4.98 Å². The molecule has 0 spiro atoms. The highest BCUT2D eigenvalue weighted by Gasteiger charge is 2.35. The van der Waals surface area contributed by atoms with E-state index in [9.17, 15) is 32.9 Å². The van der Waals surface area contributed by atoms with Crippen LogP contribution in [0, 0.1) is 10.1 Å². The zero-order chi connectivity index (χ0) is 23.3. The maximum Gasteiger partial charge on any atom is 0.418 e. The number of hydrogen-bond donors (Lipinski definition) is 1. The van der Waals surface area contributed by atoms with Gasteiger partial charge in [0.15, 0.2) is 6.61 Å². The minimum Gasteiger partial charge on any atom is -0.452 e. The summed E-state index contributed by atoms with van der Waals surface area (Å²) in [5.74, 6) is -1.94. The zero-order valence-electron chi connectivity index (χ0n) is 16.1. The zero-order valence-corrected chi connectivity index (χ0v) is 16.1. The third-order valence-electron chi connectivity index (χ3n) is 4.20. The van der Waals surface area contributed by atoms with E-state index in [0.29, 0.717) is 17.1 Å². The van der Waals surface area contributed by atoms with Gasteiger partial charge in [-0.05, 0) is 18.2 Å². The van der Waals surface area contributed by atoms with E-state index in [1.54, 1.807) is 24.4 Å². The van der Waals surface area contributed by atoms with Crippen LogP contribution in [-0.4, -0.2) is 28.4 Å². The number of nitrogens with zero attached hydrogens (tertiary/aromatic N) is 2. The Morgan fingerprint density at radius 1 is 1.16 bits per heavy atom. The lowest BCUT2D eigenvalue weighted by atomic mass is 10.1.